The van der Waals surface area contributed by atoms with E-state index in [4.69, 9.17) is 16.6 Å². The molecule has 0 atom stereocenters. The van der Waals surface area contributed by atoms with Gasteiger partial charge >= 0.3 is 0 Å². The Bertz CT molecular complexity index is 1450. The maximum atomic E-state index is 13.3. The molecule has 0 radical (unpaired) electrons. The summed E-state index contributed by atoms with van der Waals surface area (Å²) in [6.07, 6.45) is 3.71. The van der Waals surface area contributed by atoms with Gasteiger partial charge in [-0.1, -0.05) is 48.0 Å². The summed E-state index contributed by atoms with van der Waals surface area (Å²) in [5.41, 5.74) is 4.33. The number of likely N-dealkylation sites (tertiary alicyclic amines) is 1. The maximum Gasteiger partial charge on any atom is 0.256 e. The zero-order chi connectivity index (χ0) is 24.6. The average Bonchev–Trinajstić information content (AvgIpc) is 3.76. The molecule has 7 rings (SSSR count). The predicted molar refractivity (Wildman–Crippen MR) is 140 cm³/mol. The number of carbonyl (C=O) groups excluding carboxylic acids is 2. The van der Waals surface area contributed by atoms with E-state index < -0.39 is 5.54 Å². The predicted octanol–water partition coefficient (Wildman–Crippen LogP) is 4.85. The number of pyridine rings is 1. The van der Waals surface area contributed by atoms with E-state index in [1.165, 1.54) is 0 Å². The number of aromatic nitrogens is 1. The Morgan fingerprint density at radius 1 is 1.03 bits per heavy atom. The van der Waals surface area contributed by atoms with Crippen molar-refractivity contribution in [2.24, 2.45) is 16.8 Å². The second kappa shape index (κ2) is 7.87. The minimum Gasteiger partial charge on any atom is -0.342 e. The van der Waals surface area contributed by atoms with Crippen LogP contribution in [0.15, 0.2) is 53.5 Å². The third-order valence-electron chi connectivity index (χ3n) is 7.94. The first-order chi connectivity index (χ1) is 17.4. The van der Waals surface area contributed by atoms with Gasteiger partial charge in [0.15, 0.2) is 0 Å². The molecule has 0 unspecified atom stereocenters. The van der Waals surface area contributed by atoms with Crippen LogP contribution in [0.2, 0.25) is 5.02 Å². The molecule has 36 heavy (non-hydrogen) atoms. The van der Waals surface area contributed by atoms with Gasteiger partial charge in [-0.3, -0.25) is 24.5 Å². The Morgan fingerprint density at radius 3 is 2.42 bits per heavy atom. The molecular formula is C29H27ClN4O2. The molecule has 2 aliphatic carbocycles. The average molecular weight is 499 g/mol. The number of rotatable bonds is 5. The normalized spacial score (nSPS) is 20.7. The molecule has 0 N–H and O–H groups in total. The van der Waals surface area contributed by atoms with Crippen LogP contribution in [-0.2, 0) is 9.59 Å². The Kier molecular flexibility index (Phi) is 4.81. The molecule has 1 saturated heterocycles. The minimum atomic E-state index is -0.539. The van der Waals surface area contributed by atoms with Crippen LogP contribution in [-0.4, -0.2) is 57.6 Å². The van der Waals surface area contributed by atoms with E-state index >= 15 is 0 Å². The van der Waals surface area contributed by atoms with E-state index in [9.17, 15) is 9.59 Å². The van der Waals surface area contributed by atoms with E-state index in [1.54, 1.807) is 0 Å². The summed E-state index contributed by atoms with van der Waals surface area (Å²) < 4.78 is 0. The van der Waals surface area contributed by atoms with E-state index in [-0.39, 0.29) is 11.8 Å². The highest BCUT2D eigenvalue weighted by atomic mass is 35.5. The third-order valence-corrected chi connectivity index (χ3v) is 8.26. The molecule has 2 saturated carbocycles. The molecule has 2 amide bonds. The zero-order valence-corrected chi connectivity index (χ0v) is 21.0. The van der Waals surface area contributed by atoms with Gasteiger partial charge in [-0.25, -0.2) is 0 Å². The van der Waals surface area contributed by atoms with Gasteiger partial charge in [-0.05, 0) is 55.9 Å². The summed E-state index contributed by atoms with van der Waals surface area (Å²) in [7, 11) is 0. The molecule has 7 heteroatoms. The lowest BCUT2D eigenvalue weighted by molar-refractivity contribution is -0.139. The molecular weight excluding hydrogens is 472 g/mol. The number of carbonyl (C=O) groups is 2. The molecule has 182 valence electrons. The van der Waals surface area contributed by atoms with Gasteiger partial charge in [-0.2, -0.15) is 0 Å². The fourth-order valence-corrected chi connectivity index (χ4v) is 5.82. The summed E-state index contributed by atoms with van der Waals surface area (Å²) >= 11 is 6.39. The largest absolute Gasteiger partial charge is 0.342 e. The van der Waals surface area contributed by atoms with Crippen molar-refractivity contribution >= 4 is 40.2 Å². The minimum absolute atomic E-state index is 0.126. The lowest BCUT2D eigenvalue weighted by Crippen LogP contribution is -2.55. The lowest BCUT2D eigenvalue weighted by Gasteiger charge is -2.41. The van der Waals surface area contributed by atoms with Crippen molar-refractivity contribution in [1.82, 2.24) is 14.8 Å². The summed E-state index contributed by atoms with van der Waals surface area (Å²) in [4.78, 5) is 39.0. The highest BCUT2D eigenvalue weighted by Crippen LogP contribution is 2.46. The number of hydrogen-bond acceptors (Lipinski definition) is 4. The van der Waals surface area contributed by atoms with Gasteiger partial charge in [0.2, 0.25) is 5.91 Å². The van der Waals surface area contributed by atoms with Crippen LogP contribution >= 0.6 is 11.6 Å². The number of amides is 2. The number of fused-ring (bicyclic) bond motifs is 1. The third kappa shape index (κ3) is 3.62. The van der Waals surface area contributed by atoms with E-state index in [0.29, 0.717) is 23.4 Å². The second-order valence-corrected chi connectivity index (χ2v) is 11.2. The van der Waals surface area contributed by atoms with Crippen molar-refractivity contribution in [1.29, 1.82) is 0 Å². The standard InChI is InChI=1S/C29H27ClN4O2/c1-17-12-24(30)23-9-8-22(13-25(23)31-17)19-2-4-20(5-3-19)26-32-29(10-11-29)28(36)34(26)16-18-14-33(15-18)27(35)21-6-7-21/h2-5,8-9,12-13,18,21H,6-7,10-11,14-16H2,1H3. The fourth-order valence-electron chi connectivity index (χ4n) is 5.50. The van der Waals surface area contributed by atoms with Crippen molar-refractivity contribution in [2.75, 3.05) is 19.6 Å². The molecule has 0 bridgehead atoms. The van der Waals surface area contributed by atoms with Crippen molar-refractivity contribution in [3.05, 3.63) is 64.8 Å². The van der Waals surface area contributed by atoms with Crippen molar-refractivity contribution in [2.45, 2.75) is 38.1 Å². The Labute approximate surface area is 215 Å². The molecule has 2 aliphatic heterocycles. The number of aliphatic imine (C=N–C) groups is 1. The van der Waals surface area contributed by atoms with Gasteiger partial charge in [0.1, 0.15) is 11.4 Å². The first-order valence-corrected chi connectivity index (χ1v) is 13.2. The maximum absolute atomic E-state index is 13.3. The quantitative estimate of drug-likeness (QED) is 0.505. The number of aryl methyl sites for hydroxylation is 1. The van der Waals surface area contributed by atoms with Crippen LogP contribution in [0.4, 0.5) is 0 Å². The number of halogens is 1. The Balaban J connectivity index is 1.12. The van der Waals surface area contributed by atoms with Crippen molar-refractivity contribution in [3.8, 4) is 11.1 Å². The van der Waals surface area contributed by atoms with Gasteiger partial charge in [-0.15, -0.1) is 0 Å². The monoisotopic (exact) mass is 498 g/mol. The van der Waals surface area contributed by atoms with Crippen LogP contribution in [0.25, 0.3) is 22.0 Å². The summed E-state index contributed by atoms with van der Waals surface area (Å²) in [5, 5.41) is 1.66. The number of amidine groups is 1. The van der Waals surface area contributed by atoms with Crippen molar-refractivity contribution < 1.29 is 9.59 Å². The fraction of sp³-hybridized carbons (Fsp3) is 0.379. The molecule has 1 aromatic heterocycles. The van der Waals surface area contributed by atoms with Crippen LogP contribution in [0.3, 0.4) is 0 Å². The summed E-state index contributed by atoms with van der Waals surface area (Å²) in [5.74, 6) is 1.77. The molecule has 6 nitrogen and oxygen atoms in total. The van der Waals surface area contributed by atoms with Gasteiger partial charge in [0.05, 0.1) is 10.5 Å². The van der Waals surface area contributed by atoms with E-state index in [0.717, 1.165) is 77.9 Å². The molecule has 3 fully saturated rings. The van der Waals surface area contributed by atoms with Crippen LogP contribution in [0.5, 0.6) is 0 Å². The Hall–Kier alpha value is -3.25. The highest BCUT2D eigenvalue weighted by molar-refractivity contribution is 6.35. The number of hydrogen-bond donors (Lipinski definition) is 0. The number of nitrogens with zero attached hydrogens (tertiary/aromatic N) is 4. The first-order valence-electron chi connectivity index (χ1n) is 12.8. The van der Waals surface area contributed by atoms with Gasteiger partial charge < -0.3 is 4.90 Å². The summed E-state index contributed by atoms with van der Waals surface area (Å²) in [6.45, 7) is 4.07. The first kappa shape index (κ1) is 22.0. The van der Waals surface area contributed by atoms with Crippen LogP contribution < -0.4 is 0 Å². The molecule has 4 aliphatic rings. The Morgan fingerprint density at radius 2 is 1.72 bits per heavy atom. The smallest absolute Gasteiger partial charge is 0.256 e. The van der Waals surface area contributed by atoms with Gasteiger partial charge in [0.25, 0.3) is 5.91 Å². The SMILES string of the molecule is Cc1cc(Cl)c2ccc(-c3ccc(C4=NC5(CC5)C(=O)N4CC4CN(C(=O)C5CC5)C4)cc3)cc2n1. The highest BCUT2D eigenvalue weighted by Gasteiger charge is 2.57. The second-order valence-electron chi connectivity index (χ2n) is 10.8. The van der Waals surface area contributed by atoms with Crippen LogP contribution in [0, 0.1) is 18.8 Å². The zero-order valence-electron chi connectivity index (χ0n) is 20.2. The van der Waals surface area contributed by atoms with Crippen molar-refractivity contribution in [3.63, 3.8) is 0 Å². The van der Waals surface area contributed by atoms with E-state index in [2.05, 4.69) is 41.4 Å². The van der Waals surface area contributed by atoms with Crippen LogP contribution in [0.1, 0.15) is 36.9 Å². The molecule has 3 aromatic rings. The number of benzene rings is 2. The lowest BCUT2D eigenvalue weighted by atomic mass is 9.97. The molecule has 2 aromatic carbocycles. The van der Waals surface area contributed by atoms with Gasteiger partial charge in [0, 0.05) is 48.1 Å². The molecule has 3 heterocycles. The van der Waals surface area contributed by atoms with E-state index in [1.807, 2.05) is 28.9 Å². The molecule has 1 spiro atoms. The topological polar surface area (TPSA) is 65.9 Å². The summed E-state index contributed by atoms with van der Waals surface area (Å²) in [6, 6.07) is 16.3.